The fraction of sp³-hybridized carbons (Fsp3) is 0.217. The summed E-state index contributed by atoms with van der Waals surface area (Å²) in [6, 6.07) is 17.6. The zero-order chi connectivity index (χ0) is 20.1. The molecular weight excluding hydrogens is 370 g/mol. The van der Waals surface area contributed by atoms with E-state index in [1.165, 1.54) is 11.3 Å². The zero-order valence-corrected chi connectivity index (χ0v) is 17.1. The van der Waals surface area contributed by atoms with Crippen molar-refractivity contribution in [1.29, 1.82) is 0 Å². The fourth-order valence-corrected chi connectivity index (χ4v) is 4.00. The molecule has 3 rings (SSSR count). The summed E-state index contributed by atoms with van der Waals surface area (Å²) >= 11 is 1.32. The molecule has 1 amide bonds. The summed E-state index contributed by atoms with van der Waals surface area (Å²) in [6.45, 7) is 6.08. The maximum atomic E-state index is 12.6. The lowest BCUT2D eigenvalue weighted by molar-refractivity contribution is -0.115. The molecule has 0 aliphatic heterocycles. The van der Waals surface area contributed by atoms with Crippen LogP contribution in [0.3, 0.4) is 0 Å². The highest BCUT2D eigenvalue weighted by Gasteiger charge is 2.20. The lowest BCUT2D eigenvalue weighted by Gasteiger charge is -2.08. The van der Waals surface area contributed by atoms with Crippen LogP contribution in [-0.4, -0.2) is 18.5 Å². The number of esters is 1. The van der Waals surface area contributed by atoms with Gasteiger partial charge in [-0.3, -0.25) is 4.79 Å². The third-order valence-corrected chi connectivity index (χ3v) is 5.54. The molecule has 0 saturated carbocycles. The van der Waals surface area contributed by atoms with Gasteiger partial charge in [0.15, 0.2) is 0 Å². The second kappa shape index (κ2) is 8.85. The predicted molar refractivity (Wildman–Crippen MR) is 114 cm³/mol. The van der Waals surface area contributed by atoms with Crippen LogP contribution in [0.25, 0.3) is 10.4 Å². The van der Waals surface area contributed by atoms with Crippen LogP contribution in [0, 0.1) is 13.8 Å². The minimum absolute atomic E-state index is 0.157. The highest BCUT2D eigenvalue weighted by atomic mass is 32.1. The summed E-state index contributed by atoms with van der Waals surface area (Å²) in [5.41, 5.74) is 4.71. The molecule has 0 unspecified atom stereocenters. The molecular formula is C23H23NO3S. The van der Waals surface area contributed by atoms with E-state index in [0.717, 1.165) is 27.1 Å². The van der Waals surface area contributed by atoms with Gasteiger partial charge in [0.05, 0.1) is 18.7 Å². The fourth-order valence-electron chi connectivity index (χ4n) is 2.99. The summed E-state index contributed by atoms with van der Waals surface area (Å²) in [6.07, 6.45) is 0.255. The summed E-state index contributed by atoms with van der Waals surface area (Å²) in [5.74, 6) is -0.577. The van der Waals surface area contributed by atoms with Crippen LogP contribution in [0.15, 0.2) is 54.6 Å². The zero-order valence-electron chi connectivity index (χ0n) is 16.2. The Labute approximate surface area is 169 Å². The number of anilines is 1. The van der Waals surface area contributed by atoms with Crippen LogP contribution in [0.1, 0.15) is 33.3 Å². The van der Waals surface area contributed by atoms with E-state index in [2.05, 4.69) is 11.4 Å². The maximum Gasteiger partial charge on any atom is 0.350 e. The van der Waals surface area contributed by atoms with Crippen molar-refractivity contribution in [1.82, 2.24) is 0 Å². The second-order valence-corrected chi connectivity index (χ2v) is 7.65. The Morgan fingerprint density at radius 3 is 2.46 bits per heavy atom. The molecule has 1 N–H and O–H groups in total. The first-order chi connectivity index (χ1) is 13.5. The lowest BCUT2D eigenvalue weighted by Crippen LogP contribution is -2.16. The van der Waals surface area contributed by atoms with Crippen LogP contribution in [-0.2, 0) is 16.0 Å². The average Bonchev–Trinajstić information content (AvgIpc) is 3.09. The van der Waals surface area contributed by atoms with E-state index in [-0.39, 0.29) is 18.9 Å². The van der Waals surface area contributed by atoms with Crippen molar-refractivity contribution in [2.24, 2.45) is 0 Å². The molecule has 0 spiro atoms. The van der Waals surface area contributed by atoms with Crippen LogP contribution >= 0.6 is 11.3 Å². The van der Waals surface area contributed by atoms with Crippen molar-refractivity contribution in [3.8, 4) is 10.4 Å². The molecule has 2 aromatic carbocycles. The van der Waals surface area contributed by atoms with Gasteiger partial charge >= 0.3 is 5.97 Å². The summed E-state index contributed by atoms with van der Waals surface area (Å²) in [5, 5.41) is 2.90. The van der Waals surface area contributed by atoms with E-state index >= 15 is 0 Å². The van der Waals surface area contributed by atoms with Crippen molar-refractivity contribution in [3.63, 3.8) is 0 Å². The molecule has 4 nitrogen and oxygen atoms in total. The topological polar surface area (TPSA) is 55.4 Å². The molecule has 1 aromatic heterocycles. The van der Waals surface area contributed by atoms with Crippen LogP contribution < -0.4 is 5.32 Å². The smallest absolute Gasteiger partial charge is 0.350 e. The Balaban J connectivity index is 1.85. The van der Waals surface area contributed by atoms with Gasteiger partial charge in [-0.1, -0.05) is 54.1 Å². The standard InChI is InChI=1S/C23H23NO3S/c1-4-27-23(26)22-19(14-20(28-22)17-8-6-5-7-9-17)24-21(25)13-18-11-10-15(2)12-16(18)3/h5-12,14H,4,13H2,1-3H3,(H,24,25). The number of rotatable bonds is 6. The Bertz CT molecular complexity index is 992. The van der Waals surface area contributed by atoms with Gasteiger partial charge in [-0.15, -0.1) is 11.3 Å². The van der Waals surface area contributed by atoms with Crippen LogP contribution in [0.4, 0.5) is 5.69 Å². The van der Waals surface area contributed by atoms with Gasteiger partial charge in [-0.25, -0.2) is 4.79 Å². The number of carbonyl (C=O) groups is 2. The third kappa shape index (κ3) is 4.67. The Morgan fingerprint density at radius 2 is 1.79 bits per heavy atom. The Morgan fingerprint density at radius 1 is 1.04 bits per heavy atom. The largest absolute Gasteiger partial charge is 0.462 e. The van der Waals surface area contributed by atoms with Gasteiger partial charge < -0.3 is 10.1 Å². The number of thiophene rings is 1. The van der Waals surface area contributed by atoms with Gasteiger partial charge in [0.1, 0.15) is 4.88 Å². The minimum Gasteiger partial charge on any atom is -0.462 e. The molecule has 3 aromatic rings. The van der Waals surface area contributed by atoms with E-state index in [4.69, 9.17) is 4.74 Å². The third-order valence-electron chi connectivity index (χ3n) is 4.37. The number of hydrogen-bond acceptors (Lipinski definition) is 4. The van der Waals surface area contributed by atoms with Gasteiger partial charge in [-0.05, 0) is 43.5 Å². The number of ether oxygens (including phenoxy) is 1. The van der Waals surface area contributed by atoms with Crippen molar-refractivity contribution < 1.29 is 14.3 Å². The van der Waals surface area contributed by atoms with E-state index < -0.39 is 5.97 Å². The Hall–Kier alpha value is -2.92. The van der Waals surface area contributed by atoms with Gasteiger partial charge in [0, 0.05) is 4.88 Å². The highest BCUT2D eigenvalue weighted by molar-refractivity contribution is 7.18. The van der Waals surface area contributed by atoms with E-state index in [1.807, 2.05) is 62.4 Å². The average molecular weight is 394 g/mol. The van der Waals surface area contributed by atoms with Gasteiger partial charge in [-0.2, -0.15) is 0 Å². The first-order valence-electron chi connectivity index (χ1n) is 9.20. The van der Waals surface area contributed by atoms with Crippen LogP contribution in [0.2, 0.25) is 0 Å². The van der Waals surface area contributed by atoms with E-state index in [0.29, 0.717) is 10.6 Å². The number of carbonyl (C=O) groups excluding carboxylic acids is 2. The molecule has 28 heavy (non-hydrogen) atoms. The molecule has 144 valence electrons. The SMILES string of the molecule is CCOC(=O)c1sc(-c2ccccc2)cc1NC(=O)Cc1ccc(C)cc1C. The second-order valence-electron chi connectivity index (χ2n) is 6.59. The number of amides is 1. The summed E-state index contributed by atoms with van der Waals surface area (Å²) < 4.78 is 5.17. The van der Waals surface area contributed by atoms with E-state index in [9.17, 15) is 9.59 Å². The number of hydrogen-bond donors (Lipinski definition) is 1. The monoisotopic (exact) mass is 393 g/mol. The molecule has 1 heterocycles. The molecule has 0 atom stereocenters. The van der Waals surface area contributed by atoms with Crippen molar-refractivity contribution in [2.45, 2.75) is 27.2 Å². The lowest BCUT2D eigenvalue weighted by atomic mass is 10.0. The number of benzene rings is 2. The molecule has 0 radical (unpaired) electrons. The predicted octanol–water partition coefficient (Wildman–Crippen LogP) is 5.39. The Kier molecular flexibility index (Phi) is 6.26. The minimum atomic E-state index is -0.420. The van der Waals surface area contributed by atoms with Crippen LogP contribution in [0.5, 0.6) is 0 Å². The highest BCUT2D eigenvalue weighted by Crippen LogP contribution is 2.35. The van der Waals surface area contributed by atoms with Crippen molar-refractivity contribution >= 4 is 28.9 Å². The first kappa shape index (κ1) is 19.8. The molecule has 0 fully saturated rings. The summed E-state index contributed by atoms with van der Waals surface area (Å²) in [7, 11) is 0. The molecule has 0 bridgehead atoms. The maximum absolute atomic E-state index is 12.6. The van der Waals surface area contributed by atoms with Crippen molar-refractivity contribution in [2.75, 3.05) is 11.9 Å². The molecule has 0 aliphatic rings. The number of nitrogens with one attached hydrogen (secondary N) is 1. The molecule has 0 aliphatic carbocycles. The number of aryl methyl sites for hydroxylation is 2. The van der Waals surface area contributed by atoms with E-state index in [1.54, 1.807) is 6.92 Å². The van der Waals surface area contributed by atoms with Gasteiger partial charge in [0.2, 0.25) is 5.91 Å². The molecule has 0 saturated heterocycles. The quantitative estimate of drug-likeness (QED) is 0.571. The molecule has 5 heteroatoms. The summed E-state index contributed by atoms with van der Waals surface area (Å²) in [4.78, 5) is 26.3. The first-order valence-corrected chi connectivity index (χ1v) is 10.0. The van der Waals surface area contributed by atoms with Crippen molar-refractivity contribution in [3.05, 3.63) is 76.2 Å². The van der Waals surface area contributed by atoms with Gasteiger partial charge in [0.25, 0.3) is 0 Å². The normalized spacial score (nSPS) is 10.5.